The molecule has 0 unspecified atom stereocenters. The van der Waals surface area contributed by atoms with Gasteiger partial charge < -0.3 is 23.4 Å². The summed E-state index contributed by atoms with van der Waals surface area (Å²) in [6.07, 6.45) is 0.448. The van der Waals surface area contributed by atoms with Crippen molar-refractivity contribution in [3.05, 3.63) is 108 Å². The van der Waals surface area contributed by atoms with Crippen molar-refractivity contribution >= 4 is 24.7 Å². The molecule has 0 amide bonds. The van der Waals surface area contributed by atoms with Crippen molar-refractivity contribution in [2.24, 2.45) is 0 Å². The fourth-order valence-electron chi connectivity index (χ4n) is 5.45. The van der Waals surface area contributed by atoms with Gasteiger partial charge >= 0.3 is 5.97 Å². The van der Waals surface area contributed by atoms with Gasteiger partial charge in [-0.25, -0.2) is 4.79 Å². The zero-order valence-electron chi connectivity index (χ0n) is 25.0. The number of hydrogen-bond acceptors (Lipinski definition) is 6. The van der Waals surface area contributed by atoms with Gasteiger partial charge in [-0.2, -0.15) is 0 Å². The predicted molar refractivity (Wildman–Crippen MR) is 164 cm³/mol. The van der Waals surface area contributed by atoms with E-state index in [2.05, 4.69) is 69.3 Å². The molecule has 0 spiro atoms. The lowest BCUT2D eigenvalue weighted by molar-refractivity contribution is -0.154. The summed E-state index contributed by atoms with van der Waals surface area (Å²) in [4.78, 5) is 12.7. The minimum atomic E-state index is -2.89. The van der Waals surface area contributed by atoms with E-state index in [1.54, 1.807) is 0 Å². The van der Waals surface area contributed by atoms with Gasteiger partial charge in [0.25, 0.3) is 8.32 Å². The van der Waals surface area contributed by atoms with E-state index < -0.39 is 32.3 Å². The Kier molecular flexibility index (Phi) is 9.99. The van der Waals surface area contributed by atoms with Gasteiger partial charge in [0.15, 0.2) is 5.79 Å². The summed E-state index contributed by atoms with van der Waals surface area (Å²) < 4.78 is 31.0. The predicted octanol–water partition coefficient (Wildman–Crippen LogP) is 5.40. The van der Waals surface area contributed by atoms with Gasteiger partial charge in [0.2, 0.25) is 0 Å². The van der Waals surface area contributed by atoms with Crippen LogP contribution >= 0.6 is 0 Å². The van der Waals surface area contributed by atoms with Gasteiger partial charge in [-0.15, -0.1) is 0 Å². The zero-order valence-corrected chi connectivity index (χ0v) is 26.0. The molecule has 7 heteroatoms. The molecule has 4 rings (SSSR count). The van der Waals surface area contributed by atoms with Crippen LogP contribution in [0.15, 0.2) is 103 Å². The van der Waals surface area contributed by atoms with Gasteiger partial charge in [0.1, 0.15) is 12.2 Å². The van der Waals surface area contributed by atoms with E-state index in [1.807, 2.05) is 56.3 Å². The molecule has 0 radical (unpaired) electrons. The van der Waals surface area contributed by atoms with E-state index >= 15 is 0 Å². The van der Waals surface area contributed by atoms with Crippen LogP contribution in [-0.2, 0) is 34.8 Å². The van der Waals surface area contributed by atoms with Gasteiger partial charge in [0, 0.05) is 6.08 Å². The highest BCUT2D eigenvalue weighted by Crippen LogP contribution is 2.38. The highest BCUT2D eigenvalue weighted by Gasteiger charge is 2.51. The molecule has 2 atom stereocenters. The van der Waals surface area contributed by atoms with Crippen LogP contribution in [0.25, 0.3) is 0 Å². The van der Waals surface area contributed by atoms with E-state index in [1.165, 1.54) is 13.2 Å². The maximum absolute atomic E-state index is 12.7. The zero-order chi connectivity index (χ0) is 29.5. The molecular formula is C34H42O6Si. The second kappa shape index (κ2) is 13.3. The van der Waals surface area contributed by atoms with E-state index in [4.69, 9.17) is 23.4 Å². The summed E-state index contributed by atoms with van der Waals surface area (Å²) >= 11 is 0. The number of carbonyl (C=O) groups excluding carboxylic acids is 1. The molecule has 1 aliphatic heterocycles. The molecule has 1 aliphatic rings. The number of esters is 1. The van der Waals surface area contributed by atoms with Crippen LogP contribution in [0.5, 0.6) is 0 Å². The first-order chi connectivity index (χ1) is 19.6. The lowest BCUT2D eigenvalue weighted by Gasteiger charge is -2.43. The van der Waals surface area contributed by atoms with Crippen molar-refractivity contribution in [3.8, 4) is 0 Å². The number of carbonyl (C=O) groups is 1. The Bertz CT molecular complexity index is 1250. The molecular weight excluding hydrogens is 532 g/mol. The Morgan fingerprint density at radius 1 is 0.951 bits per heavy atom. The Hall–Kier alpha value is -3.07. The molecule has 3 aromatic carbocycles. The lowest BCUT2D eigenvalue weighted by atomic mass is 10.0. The average molecular weight is 575 g/mol. The van der Waals surface area contributed by atoms with Crippen LogP contribution in [0.2, 0.25) is 5.04 Å². The van der Waals surface area contributed by atoms with E-state index in [0.717, 1.165) is 15.9 Å². The highest BCUT2D eigenvalue weighted by atomic mass is 28.4. The van der Waals surface area contributed by atoms with Gasteiger partial charge in [-0.1, -0.05) is 112 Å². The first-order valence-corrected chi connectivity index (χ1v) is 16.0. The summed E-state index contributed by atoms with van der Waals surface area (Å²) in [5.74, 6) is -1.24. The summed E-state index contributed by atoms with van der Waals surface area (Å²) in [5.41, 5.74) is 1.66. The molecule has 0 N–H and O–H groups in total. The van der Waals surface area contributed by atoms with E-state index in [0.29, 0.717) is 18.8 Å². The van der Waals surface area contributed by atoms with Crippen LogP contribution in [0, 0.1) is 0 Å². The standard InChI is InChI=1S/C34H42O6Si/c1-33(2,3)41(28-18-12-8-13-19-28,29-20-14-9-15-21-29)39-24-27(22-31(35)36-6)32(30-25-38-34(4,5)40-30)37-23-26-16-10-7-11-17-26/h7-22,30,32H,23-25H2,1-6H3/b27-22-/t30-,32+/m1/s1. The van der Waals surface area contributed by atoms with Crippen molar-refractivity contribution in [2.75, 3.05) is 20.3 Å². The van der Waals surface area contributed by atoms with Gasteiger partial charge in [-0.3, -0.25) is 0 Å². The molecule has 41 heavy (non-hydrogen) atoms. The fraction of sp³-hybridized carbons (Fsp3) is 0.382. The third kappa shape index (κ3) is 7.42. The van der Waals surface area contributed by atoms with Crippen LogP contribution in [0.3, 0.4) is 0 Å². The molecule has 0 bridgehead atoms. The van der Waals surface area contributed by atoms with E-state index in [-0.39, 0.29) is 11.6 Å². The van der Waals surface area contributed by atoms with Crippen LogP contribution in [-0.4, -0.2) is 52.6 Å². The average Bonchev–Trinajstić information content (AvgIpc) is 3.33. The monoisotopic (exact) mass is 574 g/mol. The Labute approximate surface area is 245 Å². The molecule has 0 aliphatic carbocycles. The summed E-state index contributed by atoms with van der Waals surface area (Å²) in [5, 5.41) is 2.07. The largest absolute Gasteiger partial charge is 0.466 e. The second-order valence-electron chi connectivity index (χ2n) is 11.8. The first kappa shape index (κ1) is 30.9. The second-order valence-corrected chi connectivity index (χ2v) is 16.1. The quantitative estimate of drug-likeness (QED) is 0.174. The maximum atomic E-state index is 12.7. The van der Waals surface area contributed by atoms with Crippen molar-refractivity contribution < 1.29 is 28.2 Å². The van der Waals surface area contributed by atoms with Crippen molar-refractivity contribution in [1.82, 2.24) is 0 Å². The number of hydrogen-bond donors (Lipinski definition) is 0. The summed E-state index contributed by atoms with van der Waals surface area (Å²) in [6.45, 7) is 11.2. The third-order valence-electron chi connectivity index (χ3n) is 7.38. The fourth-order valence-corrected chi connectivity index (χ4v) is 9.99. The molecule has 218 valence electrons. The van der Waals surface area contributed by atoms with Gasteiger partial charge in [0.05, 0.1) is 26.9 Å². The Morgan fingerprint density at radius 3 is 1.95 bits per heavy atom. The van der Waals surface area contributed by atoms with Crippen LogP contribution < -0.4 is 10.4 Å². The minimum Gasteiger partial charge on any atom is -0.466 e. The molecule has 3 aromatic rings. The smallest absolute Gasteiger partial charge is 0.330 e. The normalized spacial score (nSPS) is 18.2. The minimum absolute atomic E-state index is 0.155. The van der Waals surface area contributed by atoms with Crippen molar-refractivity contribution in [2.45, 2.75) is 64.3 Å². The molecule has 1 fully saturated rings. The first-order valence-electron chi connectivity index (χ1n) is 14.1. The van der Waals surface area contributed by atoms with E-state index in [9.17, 15) is 4.79 Å². The highest BCUT2D eigenvalue weighted by molar-refractivity contribution is 6.99. The number of rotatable bonds is 11. The maximum Gasteiger partial charge on any atom is 0.330 e. The molecule has 1 saturated heterocycles. The summed E-state index contributed by atoms with van der Waals surface area (Å²) in [6, 6.07) is 30.8. The van der Waals surface area contributed by atoms with Crippen LogP contribution in [0.1, 0.15) is 40.2 Å². The van der Waals surface area contributed by atoms with Crippen LogP contribution in [0.4, 0.5) is 0 Å². The number of ether oxygens (including phenoxy) is 4. The number of benzene rings is 3. The Balaban J connectivity index is 1.76. The molecule has 6 nitrogen and oxygen atoms in total. The molecule has 1 heterocycles. The molecule has 0 aromatic heterocycles. The van der Waals surface area contributed by atoms with Crippen molar-refractivity contribution in [3.63, 3.8) is 0 Å². The van der Waals surface area contributed by atoms with Crippen molar-refractivity contribution in [1.29, 1.82) is 0 Å². The Morgan fingerprint density at radius 2 is 1.49 bits per heavy atom. The number of methoxy groups -OCH3 is 1. The SMILES string of the molecule is COC(=O)/C=C(/CO[Si](c1ccccc1)(c1ccccc1)C(C)(C)C)[C@H](OCc1ccccc1)[C@H]1COC(C)(C)O1. The van der Waals surface area contributed by atoms with Gasteiger partial charge in [-0.05, 0) is 40.4 Å². The topological polar surface area (TPSA) is 63.2 Å². The third-order valence-corrected chi connectivity index (χ3v) is 12.4. The lowest BCUT2D eigenvalue weighted by Crippen LogP contribution is -2.66. The summed E-state index contributed by atoms with van der Waals surface area (Å²) in [7, 11) is -1.52. The molecule has 0 saturated carbocycles.